The van der Waals surface area contributed by atoms with E-state index in [1.807, 2.05) is 73.0 Å². The third kappa shape index (κ3) is 4.38. The molecule has 2 N–H and O–H groups in total. The highest BCUT2D eigenvalue weighted by Gasteiger charge is 2.57. The quantitative estimate of drug-likeness (QED) is 0.288. The summed E-state index contributed by atoms with van der Waals surface area (Å²) in [6, 6.07) is 30.8. The number of nitrogens with zero attached hydrogens (tertiary/aromatic N) is 4. The van der Waals surface area contributed by atoms with Crippen molar-refractivity contribution >= 4 is 17.0 Å². The molecular weight excluding hydrogens is 518 g/mol. The summed E-state index contributed by atoms with van der Waals surface area (Å²) in [5.41, 5.74) is 9.30. The normalized spacial score (nSPS) is 23.6. The van der Waals surface area contributed by atoms with Crippen molar-refractivity contribution < 1.29 is 18.9 Å². The van der Waals surface area contributed by atoms with Crippen LogP contribution in [0.3, 0.4) is 0 Å². The molecule has 7 rings (SSSR count). The fraction of sp³-hybridized carbons (Fsp3) is 0.281. The molecule has 2 aromatic heterocycles. The zero-order chi connectivity index (χ0) is 28.0. The number of benzene rings is 3. The van der Waals surface area contributed by atoms with Gasteiger partial charge in [0.2, 0.25) is 0 Å². The maximum absolute atomic E-state index is 7.09. The van der Waals surface area contributed by atoms with Gasteiger partial charge in [-0.15, -0.1) is 0 Å². The van der Waals surface area contributed by atoms with Crippen LogP contribution in [0.25, 0.3) is 11.2 Å². The van der Waals surface area contributed by atoms with Gasteiger partial charge in [-0.3, -0.25) is 4.57 Å². The lowest BCUT2D eigenvalue weighted by molar-refractivity contribution is -0.204. The number of nitrogen functional groups attached to an aromatic ring is 1. The molecule has 2 saturated heterocycles. The van der Waals surface area contributed by atoms with E-state index >= 15 is 0 Å². The van der Waals surface area contributed by atoms with Crippen molar-refractivity contribution in [3.63, 3.8) is 0 Å². The Kier molecular flexibility index (Phi) is 6.32. The van der Waals surface area contributed by atoms with Crippen LogP contribution in [0.15, 0.2) is 104 Å². The number of rotatable bonds is 7. The largest absolute Gasteiger partial charge is 0.382 e. The molecule has 3 aromatic carbocycles. The first-order valence-corrected chi connectivity index (χ1v) is 13.7. The Morgan fingerprint density at radius 2 is 1.37 bits per heavy atom. The molecule has 208 valence electrons. The highest BCUT2D eigenvalue weighted by atomic mass is 16.8. The topological polar surface area (TPSA) is 107 Å². The van der Waals surface area contributed by atoms with Crippen LogP contribution < -0.4 is 5.73 Å². The second kappa shape index (κ2) is 10.0. The molecule has 0 aliphatic carbocycles. The number of aromatic nitrogens is 4. The van der Waals surface area contributed by atoms with E-state index in [4.69, 9.17) is 24.7 Å². The van der Waals surface area contributed by atoms with Crippen molar-refractivity contribution in [1.29, 1.82) is 0 Å². The molecule has 5 aromatic rings. The minimum absolute atomic E-state index is 0.236. The molecule has 41 heavy (non-hydrogen) atoms. The molecule has 4 atom stereocenters. The zero-order valence-electron chi connectivity index (χ0n) is 22.8. The van der Waals surface area contributed by atoms with E-state index in [9.17, 15) is 0 Å². The first kappa shape index (κ1) is 25.8. The molecule has 0 spiro atoms. The van der Waals surface area contributed by atoms with Crippen LogP contribution in [0.2, 0.25) is 0 Å². The van der Waals surface area contributed by atoms with Gasteiger partial charge < -0.3 is 24.7 Å². The van der Waals surface area contributed by atoms with Crippen LogP contribution in [0.5, 0.6) is 0 Å². The van der Waals surface area contributed by atoms with Gasteiger partial charge in [-0.25, -0.2) is 15.0 Å². The molecule has 0 unspecified atom stereocenters. The number of fused-ring (bicyclic) bond motifs is 2. The molecule has 0 saturated carbocycles. The second-order valence-electron chi connectivity index (χ2n) is 10.8. The Morgan fingerprint density at radius 1 is 0.805 bits per heavy atom. The first-order chi connectivity index (χ1) is 20.0. The van der Waals surface area contributed by atoms with Crippen LogP contribution in [-0.2, 0) is 24.5 Å². The highest BCUT2D eigenvalue weighted by Crippen LogP contribution is 2.46. The maximum Gasteiger partial charge on any atom is 0.167 e. The molecule has 0 radical (unpaired) electrons. The molecule has 2 fully saturated rings. The number of hydrogen-bond acceptors (Lipinski definition) is 8. The Balaban J connectivity index is 1.28. The molecule has 0 bridgehead atoms. The monoisotopic (exact) mass is 549 g/mol. The lowest BCUT2D eigenvalue weighted by atomic mass is 9.80. The highest BCUT2D eigenvalue weighted by molar-refractivity contribution is 5.81. The van der Waals surface area contributed by atoms with E-state index in [2.05, 4.69) is 51.4 Å². The van der Waals surface area contributed by atoms with E-state index in [-0.39, 0.29) is 12.7 Å². The van der Waals surface area contributed by atoms with E-state index < -0.39 is 29.8 Å². The summed E-state index contributed by atoms with van der Waals surface area (Å²) in [5.74, 6) is -0.486. The van der Waals surface area contributed by atoms with Gasteiger partial charge in [0.25, 0.3) is 0 Å². The van der Waals surface area contributed by atoms with Crippen molar-refractivity contribution in [2.75, 3.05) is 12.3 Å². The van der Waals surface area contributed by atoms with E-state index in [1.54, 1.807) is 6.33 Å². The third-order valence-corrected chi connectivity index (χ3v) is 7.79. The van der Waals surface area contributed by atoms with Crippen LogP contribution in [0.1, 0.15) is 36.8 Å². The van der Waals surface area contributed by atoms with Crippen molar-refractivity contribution in [3.8, 4) is 0 Å². The summed E-state index contributed by atoms with van der Waals surface area (Å²) in [5, 5.41) is 0. The van der Waals surface area contributed by atoms with Gasteiger partial charge in [-0.05, 0) is 30.5 Å². The number of imidazole rings is 1. The predicted octanol–water partition coefficient (Wildman–Crippen LogP) is 4.83. The SMILES string of the molecule is CC1(C)O[C@H]2[C@H](O1)[C@@H](COC(c1ccccc1)(c1ccccc1)c1ccccc1)O[C@H]2n1cnc2c(N)ncnc21. The summed E-state index contributed by atoms with van der Waals surface area (Å²) in [4.78, 5) is 12.9. The minimum Gasteiger partial charge on any atom is -0.382 e. The Morgan fingerprint density at radius 3 is 1.95 bits per heavy atom. The molecule has 2 aliphatic heterocycles. The fourth-order valence-corrected chi connectivity index (χ4v) is 6.05. The van der Waals surface area contributed by atoms with Gasteiger partial charge in [0.05, 0.1) is 12.9 Å². The maximum atomic E-state index is 7.09. The summed E-state index contributed by atoms with van der Waals surface area (Å²) in [6.45, 7) is 4.06. The van der Waals surface area contributed by atoms with Crippen molar-refractivity contribution in [2.24, 2.45) is 0 Å². The average molecular weight is 550 g/mol. The molecule has 0 amide bonds. The number of anilines is 1. The standard InChI is InChI=1S/C32H31N5O4/c1-31(2)40-26-24(39-30(27(26)41-31)37-20-36-25-28(33)34-19-35-29(25)37)18-38-32(21-12-6-3-7-13-21,22-14-8-4-9-15-22)23-16-10-5-11-17-23/h3-17,19-20,24,26-27,30H,18H2,1-2H3,(H2,33,34,35)/t24-,26-,27+,30-/m1/s1. The predicted molar refractivity (Wildman–Crippen MR) is 153 cm³/mol. The van der Waals surface area contributed by atoms with Crippen LogP contribution >= 0.6 is 0 Å². The lowest BCUT2D eigenvalue weighted by Gasteiger charge is -2.37. The molecule has 9 heteroatoms. The number of hydrogen-bond donors (Lipinski definition) is 1. The average Bonchev–Trinajstić information content (AvgIpc) is 3.67. The van der Waals surface area contributed by atoms with Gasteiger partial charge in [0.1, 0.15) is 35.8 Å². The number of ether oxygens (including phenoxy) is 4. The van der Waals surface area contributed by atoms with Crippen LogP contribution in [-0.4, -0.2) is 50.2 Å². The van der Waals surface area contributed by atoms with Crippen molar-refractivity contribution in [1.82, 2.24) is 19.5 Å². The van der Waals surface area contributed by atoms with Crippen LogP contribution in [0.4, 0.5) is 5.82 Å². The second-order valence-corrected chi connectivity index (χ2v) is 10.8. The minimum atomic E-state index is -0.890. The summed E-state index contributed by atoms with van der Waals surface area (Å²) in [7, 11) is 0. The van der Waals surface area contributed by atoms with E-state index in [0.717, 1.165) is 16.7 Å². The van der Waals surface area contributed by atoms with Crippen molar-refractivity contribution in [3.05, 3.63) is 120 Å². The van der Waals surface area contributed by atoms with Gasteiger partial charge in [-0.2, -0.15) is 0 Å². The summed E-state index contributed by atoms with van der Waals surface area (Å²) in [6.07, 6.45) is 1.30. The molecular formula is C32H31N5O4. The van der Waals surface area contributed by atoms with Gasteiger partial charge in [0, 0.05) is 0 Å². The molecule has 4 heterocycles. The summed E-state index contributed by atoms with van der Waals surface area (Å²) < 4.78 is 28.4. The summed E-state index contributed by atoms with van der Waals surface area (Å²) >= 11 is 0. The zero-order valence-corrected chi connectivity index (χ0v) is 22.8. The van der Waals surface area contributed by atoms with Gasteiger partial charge in [0.15, 0.2) is 23.5 Å². The van der Waals surface area contributed by atoms with Crippen molar-refractivity contribution in [2.45, 2.75) is 49.8 Å². The van der Waals surface area contributed by atoms with Gasteiger partial charge >= 0.3 is 0 Å². The molecule has 9 nitrogen and oxygen atoms in total. The van der Waals surface area contributed by atoms with Gasteiger partial charge in [-0.1, -0.05) is 91.0 Å². The Hall–Kier alpha value is -4.15. The fourth-order valence-electron chi connectivity index (χ4n) is 6.05. The Labute approximate surface area is 237 Å². The van der Waals surface area contributed by atoms with E-state index in [0.29, 0.717) is 17.0 Å². The smallest absolute Gasteiger partial charge is 0.167 e. The van der Waals surface area contributed by atoms with E-state index in [1.165, 1.54) is 6.33 Å². The Bertz CT molecular complexity index is 1550. The number of nitrogens with two attached hydrogens (primary N) is 1. The lowest BCUT2D eigenvalue weighted by Crippen LogP contribution is -2.39. The molecule has 2 aliphatic rings. The first-order valence-electron chi connectivity index (χ1n) is 13.7. The third-order valence-electron chi connectivity index (χ3n) is 7.79. The van der Waals surface area contributed by atoms with Crippen LogP contribution in [0, 0.1) is 0 Å².